The van der Waals surface area contributed by atoms with Crippen molar-refractivity contribution >= 4 is 15.5 Å². The molecule has 0 radical (unpaired) electrons. The van der Waals surface area contributed by atoms with Crippen LogP contribution in [0.3, 0.4) is 0 Å². The molecule has 0 aliphatic heterocycles. The van der Waals surface area contributed by atoms with Gasteiger partial charge in [-0.15, -0.1) is 0 Å². The van der Waals surface area contributed by atoms with Crippen LogP contribution in [0.15, 0.2) is 35.7 Å². The highest BCUT2D eigenvalue weighted by Gasteiger charge is 2.59. The summed E-state index contributed by atoms with van der Waals surface area (Å²) in [7, 11) is -3.49. The zero-order valence-corrected chi connectivity index (χ0v) is 12.0. The Morgan fingerprint density at radius 3 is 2.63 bits per heavy atom. The van der Waals surface area contributed by atoms with Gasteiger partial charge in [0, 0.05) is 11.7 Å². The fraction of sp³-hybridized carbons (Fsp3) is 0.462. The van der Waals surface area contributed by atoms with Gasteiger partial charge in [-0.25, -0.2) is 18.1 Å². The molecule has 5 nitrogen and oxygen atoms in total. The SMILES string of the molecule is CC1(C)CC1(C)NS(=O)(=O)c1ccc2cncn2c1. The normalized spacial score (nSPS) is 25.6. The number of hydrogen-bond donors (Lipinski definition) is 1. The van der Waals surface area contributed by atoms with E-state index in [-0.39, 0.29) is 15.8 Å². The highest BCUT2D eigenvalue weighted by Crippen LogP contribution is 2.55. The molecule has 0 bridgehead atoms. The molecule has 0 spiro atoms. The van der Waals surface area contributed by atoms with Crippen molar-refractivity contribution in [3.8, 4) is 0 Å². The van der Waals surface area contributed by atoms with E-state index in [1.54, 1.807) is 35.3 Å². The molecule has 2 aromatic heterocycles. The monoisotopic (exact) mass is 279 g/mol. The number of hydrogen-bond acceptors (Lipinski definition) is 3. The first-order chi connectivity index (χ1) is 8.74. The van der Waals surface area contributed by atoms with Gasteiger partial charge in [0.05, 0.1) is 22.9 Å². The van der Waals surface area contributed by atoms with Gasteiger partial charge in [0.2, 0.25) is 10.0 Å². The summed E-state index contributed by atoms with van der Waals surface area (Å²) in [5.74, 6) is 0. The molecule has 6 heteroatoms. The summed E-state index contributed by atoms with van der Waals surface area (Å²) in [5.41, 5.74) is 0.534. The standard InChI is InChI=1S/C13H17N3O2S/c1-12(2)8-13(12,3)15-19(17,18)11-5-4-10-6-14-9-16(10)7-11/h4-7,9,15H,8H2,1-3H3. The van der Waals surface area contributed by atoms with Gasteiger partial charge in [0.1, 0.15) is 0 Å². The van der Waals surface area contributed by atoms with Crippen molar-refractivity contribution in [2.24, 2.45) is 5.41 Å². The van der Waals surface area contributed by atoms with Gasteiger partial charge in [0.15, 0.2) is 0 Å². The summed E-state index contributed by atoms with van der Waals surface area (Å²) in [6, 6.07) is 3.36. The highest BCUT2D eigenvalue weighted by molar-refractivity contribution is 7.89. The summed E-state index contributed by atoms with van der Waals surface area (Å²) < 4.78 is 29.3. The fourth-order valence-electron chi connectivity index (χ4n) is 2.43. The first kappa shape index (κ1) is 12.6. The highest BCUT2D eigenvalue weighted by atomic mass is 32.2. The lowest BCUT2D eigenvalue weighted by atomic mass is 10.1. The fourth-order valence-corrected chi connectivity index (χ4v) is 3.99. The van der Waals surface area contributed by atoms with E-state index in [0.717, 1.165) is 11.9 Å². The van der Waals surface area contributed by atoms with Crippen molar-refractivity contribution in [3.05, 3.63) is 30.9 Å². The Kier molecular flexibility index (Phi) is 2.38. The quantitative estimate of drug-likeness (QED) is 0.932. The molecule has 3 rings (SSSR count). The van der Waals surface area contributed by atoms with E-state index >= 15 is 0 Å². The minimum Gasteiger partial charge on any atom is -0.305 e. The van der Waals surface area contributed by atoms with Crippen molar-refractivity contribution < 1.29 is 8.42 Å². The largest absolute Gasteiger partial charge is 0.305 e. The number of nitrogens with zero attached hydrogens (tertiary/aromatic N) is 2. The maximum Gasteiger partial charge on any atom is 0.242 e. The Hall–Kier alpha value is -1.40. The van der Waals surface area contributed by atoms with Gasteiger partial charge >= 0.3 is 0 Å². The number of fused-ring (bicyclic) bond motifs is 1. The number of nitrogens with one attached hydrogen (secondary N) is 1. The molecule has 1 aliphatic carbocycles. The molecule has 1 unspecified atom stereocenters. The molecule has 1 N–H and O–H groups in total. The molecule has 0 saturated heterocycles. The summed E-state index contributed by atoms with van der Waals surface area (Å²) in [4.78, 5) is 4.25. The van der Waals surface area contributed by atoms with E-state index < -0.39 is 10.0 Å². The van der Waals surface area contributed by atoms with E-state index in [1.165, 1.54) is 0 Å². The predicted molar refractivity (Wildman–Crippen MR) is 72.3 cm³/mol. The molecule has 2 aromatic rings. The number of sulfonamides is 1. The molecule has 1 aliphatic rings. The van der Waals surface area contributed by atoms with Gasteiger partial charge in [-0.1, -0.05) is 13.8 Å². The van der Waals surface area contributed by atoms with E-state index in [1.807, 2.05) is 6.92 Å². The number of pyridine rings is 1. The maximum atomic E-state index is 12.4. The van der Waals surface area contributed by atoms with Crippen molar-refractivity contribution in [2.75, 3.05) is 0 Å². The van der Waals surface area contributed by atoms with Crippen LogP contribution in [-0.4, -0.2) is 23.3 Å². The van der Waals surface area contributed by atoms with Crippen LogP contribution < -0.4 is 4.72 Å². The second kappa shape index (κ2) is 3.58. The third kappa shape index (κ3) is 1.95. The Morgan fingerprint density at radius 2 is 2.00 bits per heavy atom. The van der Waals surface area contributed by atoms with Crippen LogP contribution in [0.2, 0.25) is 0 Å². The summed E-state index contributed by atoms with van der Waals surface area (Å²) in [5, 5.41) is 0. The van der Waals surface area contributed by atoms with E-state index in [2.05, 4.69) is 23.6 Å². The van der Waals surface area contributed by atoms with Gasteiger partial charge in [-0.05, 0) is 30.9 Å². The Balaban J connectivity index is 1.96. The average Bonchev–Trinajstić information content (AvgIpc) is 2.65. The maximum absolute atomic E-state index is 12.4. The van der Waals surface area contributed by atoms with Crippen molar-refractivity contribution in [2.45, 2.75) is 37.6 Å². The Morgan fingerprint density at radius 1 is 1.32 bits per heavy atom. The van der Waals surface area contributed by atoms with Crippen LogP contribution in [0.25, 0.3) is 5.52 Å². The minimum atomic E-state index is -3.49. The third-order valence-electron chi connectivity index (χ3n) is 4.21. The molecule has 1 fully saturated rings. The molecular formula is C13H17N3O2S. The zero-order valence-electron chi connectivity index (χ0n) is 11.2. The summed E-state index contributed by atoms with van der Waals surface area (Å²) in [6.07, 6.45) is 5.72. The zero-order chi connectivity index (χ0) is 13.9. The Labute approximate surface area is 112 Å². The molecule has 1 saturated carbocycles. The van der Waals surface area contributed by atoms with Gasteiger partial charge < -0.3 is 4.40 Å². The molecular weight excluding hydrogens is 262 g/mol. The molecule has 102 valence electrons. The van der Waals surface area contributed by atoms with Crippen LogP contribution in [0, 0.1) is 5.41 Å². The predicted octanol–water partition coefficient (Wildman–Crippen LogP) is 1.80. The van der Waals surface area contributed by atoms with E-state index in [4.69, 9.17) is 0 Å². The third-order valence-corrected chi connectivity index (χ3v) is 5.80. The second-order valence-corrected chi connectivity index (χ2v) is 7.77. The van der Waals surface area contributed by atoms with Gasteiger partial charge in [-0.3, -0.25) is 0 Å². The van der Waals surface area contributed by atoms with Crippen molar-refractivity contribution in [1.29, 1.82) is 0 Å². The molecule has 0 amide bonds. The number of rotatable bonds is 3. The summed E-state index contributed by atoms with van der Waals surface area (Å²) in [6.45, 7) is 6.07. The van der Waals surface area contributed by atoms with Crippen molar-refractivity contribution in [1.82, 2.24) is 14.1 Å². The lowest BCUT2D eigenvalue weighted by molar-refractivity contribution is 0.476. The van der Waals surface area contributed by atoms with E-state index in [9.17, 15) is 8.42 Å². The van der Waals surface area contributed by atoms with Crippen LogP contribution in [0.1, 0.15) is 27.2 Å². The first-order valence-electron chi connectivity index (χ1n) is 6.19. The van der Waals surface area contributed by atoms with Gasteiger partial charge in [0.25, 0.3) is 0 Å². The van der Waals surface area contributed by atoms with Crippen LogP contribution in [0.5, 0.6) is 0 Å². The second-order valence-electron chi connectivity index (χ2n) is 6.09. The Bertz CT molecular complexity index is 748. The molecule has 2 heterocycles. The lowest BCUT2D eigenvalue weighted by Gasteiger charge is -2.17. The average molecular weight is 279 g/mol. The topological polar surface area (TPSA) is 63.5 Å². The van der Waals surface area contributed by atoms with Crippen LogP contribution in [-0.2, 0) is 10.0 Å². The molecule has 0 aromatic carbocycles. The summed E-state index contributed by atoms with van der Waals surface area (Å²) >= 11 is 0. The smallest absolute Gasteiger partial charge is 0.242 e. The molecule has 1 atom stereocenters. The number of imidazole rings is 1. The number of aromatic nitrogens is 2. The minimum absolute atomic E-state index is 0.0131. The van der Waals surface area contributed by atoms with Gasteiger partial charge in [-0.2, -0.15) is 0 Å². The van der Waals surface area contributed by atoms with Crippen LogP contribution in [0.4, 0.5) is 0 Å². The van der Waals surface area contributed by atoms with E-state index in [0.29, 0.717) is 0 Å². The first-order valence-corrected chi connectivity index (χ1v) is 7.68. The lowest BCUT2D eigenvalue weighted by Crippen LogP contribution is -2.37. The van der Waals surface area contributed by atoms with Crippen molar-refractivity contribution in [3.63, 3.8) is 0 Å². The van der Waals surface area contributed by atoms with Crippen LogP contribution >= 0.6 is 0 Å². The molecule has 19 heavy (non-hydrogen) atoms.